The lowest BCUT2D eigenvalue weighted by molar-refractivity contribution is 0.0939. The van der Waals surface area contributed by atoms with Crippen molar-refractivity contribution in [1.82, 2.24) is 15.6 Å². The van der Waals surface area contributed by atoms with Crippen molar-refractivity contribution in [1.29, 1.82) is 0 Å². The van der Waals surface area contributed by atoms with Gasteiger partial charge in [0.1, 0.15) is 5.69 Å². The molecular weight excluding hydrogens is 270 g/mol. The van der Waals surface area contributed by atoms with Crippen LogP contribution in [-0.2, 0) is 4.74 Å². The highest BCUT2D eigenvalue weighted by molar-refractivity contribution is 5.92. The highest BCUT2D eigenvalue weighted by atomic mass is 16.5. The van der Waals surface area contributed by atoms with E-state index in [1.54, 1.807) is 31.3 Å². The summed E-state index contributed by atoms with van der Waals surface area (Å²) in [6, 6.07) is 4.98. The van der Waals surface area contributed by atoms with Crippen molar-refractivity contribution in [2.24, 2.45) is 5.92 Å². The van der Waals surface area contributed by atoms with Gasteiger partial charge < -0.3 is 15.4 Å². The second kappa shape index (κ2) is 8.94. The molecule has 6 heteroatoms. The van der Waals surface area contributed by atoms with Crippen molar-refractivity contribution in [2.75, 3.05) is 13.2 Å². The summed E-state index contributed by atoms with van der Waals surface area (Å²) in [4.78, 5) is 27.4. The minimum Gasteiger partial charge on any atom is -0.450 e. The normalized spacial score (nSPS) is 11.8. The Bertz CT molecular complexity index is 449. The quantitative estimate of drug-likeness (QED) is 0.805. The molecule has 1 aromatic rings. The molecule has 0 saturated heterocycles. The van der Waals surface area contributed by atoms with Crippen LogP contribution in [0.3, 0.4) is 0 Å². The minimum absolute atomic E-state index is 0.170. The van der Waals surface area contributed by atoms with Crippen molar-refractivity contribution in [3.63, 3.8) is 0 Å². The van der Waals surface area contributed by atoms with Crippen LogP contribution < -0.4 is 10.6 Å². The number of carbonyl (C=O) groups is 2. The number of pyridine rings is 1. The monoisotopic (exact) mass is 293 g/mol. The predicted octanol–water partition coefficient (Wildman–Crippen LogP) is 1.97. The van der Waals surface area contributed by atoms with Crippen LogP contribution in [0.1, 0.15) is 37.7 Å². The molecule has 2 N–H and O–H groups in total. The Balaban J connectivity index is 2.52. The van der Waals surface area contributed by atoms with Crippen molar-refractivity contribution >= 4 is 12.0 Å². The summed E-state index contributed by atoms with van der Waals surface area (Å²) in [5.41, 5.74) is 0.358. The van der Waals surface area contributed by atoms with Crippen LogP contribution in [0.25, 0.3) is 0 Å². The molecule has 0 aliphatic carbocycles. The molecule has 1 atom stereocenters. The third-order valence-electron chi connectivity index (χ3n) is 2.76. The van der Waals surface area contributed by atoms with Crippen molar-refractivity contribution < 1.29 is 14.3 Å². The first-order chi connectivity index (χ1) is 10.0. The molecule has 0 aromatic carbocycles. The van der Waals surface area contributed by atoms with E-state index >= 15 is 0 Å². The summed E-state index contributed by atoms with van der Waals surface area (Å²) in [6.07, 6.45) is 1.86. The molecule has 0 aliphatic heterocycles. The maximum Gasteiger partial charge on any atom is 0.407 e. The fourth-order valence-electron chi connectivity index (χ4n) is 1.91. The van der Waals surface area contributed by atoms with Gasteiger partial charge in [0.05, 0.1) is 6.61 Å². The van der Waals surface area contributed by atoms with E-state index in [0.29, 0.717) is 24.8 Å². The van der Waals surface area contributed by atoms with Gasteiger partial charge in [0, 0.05) is 18.8 Å². The number of amides is 2. The van der Waals surface area contributed by atoms with Crippen LogP contribution in [0.4, 0.5) is 4.79 Å². The van der Waals surface area contributed by atoms with Crippen LogP contribution in [0.5, 0.6) is 0 Å². The summed E-state index contributed by atoms with van der Waals surface area (Å²) in [5.74, 6) is 0.138. The third kappa shape index (κ3) is 6.74. The zero-order chi connectivity index (χ0) is 15.7. The smallest absolute Gasteiger partial charge is 0.407 e. The van der Waals surface area contributed by atoms with Gasteiger partial charge >= 0.3 is 6.09 Å². The molecule has 1 aromatic heterocycles. The van der Waals surface area contributed by atoms with Gasteiger partial charge in [-0.25, -0.2) is 4.79 Å². The van der Waals surface area contributed by atoms with E-state index < -0.39 is 6.09 Å². The fourth-order valence-corrected chi connectivity index (χ4v) is 1.91. The molecule has 21 heavy (non-hydrogen) atoms. The minimum atomic E-state index is -0.463. The lowest BCUT2D eigenvalue weighted by Crippen LogP contribution is -2.44. The Morgan fingerprint density at radius 3 is 2.67 bits per heavy atom. The lowest BCUT2D eigenvalue weighted by atomic mass is 10.0. The van der Waals surface area contributed by atoms with E-state index in [-0.39, 0.29) is 11.9 Å². The Morgan fingerprint density at radius 2 is 2.10 bits per heavy atom. The number of nitrogens with zero attached hydrogens (tertiary/aromatic N) is 1. The van der Waals surface area contributed by atoms with E-state index in [4.69, 9.17) is 4.74 Å². The molecule has 1 heterocycles. The third-order valence-corrected chi connectivity index (χ3v) is 2.76. The summed E-state index contributed by atoms with van der Waals surface area (Å²) in [5, 5.41) is 5.54. The molecule has 116 valence electrons. The number of aromatic nitrogens is 1. The number of carbonyl (C=O) groups excluding carboxylic acids is 2. The number of alkyl carbamates (subject to hydrolysis) is 1. The Labute approximate surface area is 125 Å². The predicted molar refractivity (Wildman–Crippen MR) is 80.0 cm³/mol. The van der Waals surface area contributed by atoms with Gasteiger partial charge in [0.2, 0.25) is 0 Å². The molecule has 1 unspecified atom stereocenters. The zero-order valence-corrected chi connectivity index (χ0v) is 12.8. The maximum atomic E-state index is 11.9. The summed E-state index contributed by atoms with van der Waals surface area (Å²) < 4.78 is 4.87. The van der Waals surface area contributed by atoms with Crippen LogP contribution in [0.15, 0.2) is 24.4 Å². The maximum absolute atomic E-state index is 11.9. The van der Waals surface area contributed by atoms with Crippen LogP contribution in [0.2, 0.25) is 0 Å². The summed E-state index contributed by atoms with van der Waals surface area (Å²) in [7, 11) is 0. The van der Waals surface area contributed by atoms with Crippen LogP contribution in [-0.4, -0.2) is 36.2 Å². The Kier molecular flexibility index (Phi) is 7.21. The highest BCUT2D eigenvalue weighted by Gasteiger charge is 2.16. The molecule has 6 nitrogen and oxygen atoms in total. The second-order valence-electron chi connectivity index (χ2n) is 5.12. The van der Waals surface area contributed by atoms with Gasteiger partial charge in [-0.15, -0.1) is 0 Å². The van der Waals surface area contributed by atoms with Crippen LogP contribution >= 0.6 is 0 Å². The molecule has 0 radical (unpaired) electrons. The van der Waals surface area contributed by atoms with Crippen molar-refractivity contribution in [3.05, 3.63) is 30.1 Å². The topological polar surface area (TPSA) is 80.3 Å². The Morgan fingerprint density at radius 1 is 1.33 bits per heavy atom. The number of nitrogens with one attached hydrogen (secondary N) is 2. The first-order valence-electron chi connectivity index (χ1n) is 7.15. The number of hydrogen-bond acceptors (Lipinski definition) is 4. The standard InChI is InChI=1S/C15H23N3O3/c1-4-21-15(20)18-12(9-11(2)3)10-17-14(19)13-7-5-6-8-16-13/h5-8,11-12H,4,9-10H2,1-3H3,(H,17,19)(H,18,20). The fraction of sp³-hybridized carbons (Fsp3) is 0.533. The first kappa shape index (κ1) is 16.9. The average molecular weight is 293 g/mol. The van der Waals surface area contributed by atoms with Gasteiger partial charge in [-0.3, -0.25) is 9.78 Å². The molecule has 0 spiro atoms. The Hall–Kier alpha value is -2.11. The van der Waals surface area contributed by atoms with Gasteiger partial charge in [-0.2, -0.15) is 0 Å². The molecule has 2 amide bonds. The molecule has 1 rings (SSSR count). The lowest BCUT2D eigenvalue weighted by Gasteiger charge is -2.20. The van der Waals surface area contributed by atoms with Gasteiger partial charge in [0.25, 0.3) is 5.91 Å². The summed E-state index contributed by atoms with van der Waals surface area (Å²) in [6.45, 7) is 6.52. The van der Waals surface area contributed by atoms with E-state index in [0.717, 1.165) is 6.42 Å². The highest BCUT2D eigenvalue weighted by Crippen LogP contribution is 2.05. The molecule has 0 aliphatic rings. The van der Waals surface area contributed by atoms with Crippen molar-refractivity contribution in [3.8, 4) is 0 Å². The van der Waals surface area contributed by atoms with Gasteiger partial charge in [-0.1, -0.05) is 19.9 Å². The largest absolute Gasteiger partial charge is 0.450 e. The summed E-state index contributed by atoms with van der Waals surface area (Å²) >= 11 is 0. The molecule has 0 bridgehead atoms. The average Bonchev–Trinajstić information content (AvgIpc) is 2.45. The van der Waals surface area contributed by atoms with Crippen LogP contribution in [0, 0.1) is 5.92 Å². The van der Waals surface area contributed by atoms with E-state index in [9.17, 15) is 9.59 Å². The number of rotatable bonds is 7. The molecular formula is C15H23N3O3. The number of hydrogen-bond donors (Lipinski definition) is 2. The first-order valence-corrected chi connectivity index (χ1v) is 7.15. The van der Waals surface area contributed by atoms with E-state index in [2.05, 4.69) is 29.5 Å². The second-order valence-corrected chi connectivity index (χ2v) is 5.12. The molecule has 0 fully saturated rings. The number of ether oxygens (including phenoxy) is 1. The van der Waals surface area contributed by atoms with Gasteiger partial charge in [-0.05, 0) is 31.4 Å². The molecule has 0 saturated carbocycles. The van der Waals surface area contributed by atoms with Crippen molar-refractivity contribution in [2.45, 2.75) is 33.2 Å². The van der Waals surface area contributed by atoms with E-state index in [1.807, 2.05) is 0 Å². The van der Waals surface area contributed by atoms with E-state index in [1.165, 1.54) is 0 Å². The van der Waals surface area contributed by atoms with Gasteiger partial charge in [0.15, 0.2) is 0 Å². The zero-order valence-electron chi connectivity index (χ0n) is 12.8. The SMILES string of the molecule is CCOC(=O)NC(CNC(=O)c1ccccn1)CC(C)C.